The van der Waals surface area contributed by atoms with E-state index < -0.39 is 0 Å². The van der Waals surface area contributed by atoms with Gasteiger partial charge in [0.2, 0.25) is 0 Å². The Labute approximate surface area is 123 Å². The smallest absolute Gasteiger partial charge is 0.119 e. The van der Waals surface area contributed by atoms with Crippen molar-refractivity contribution < 1.29 is 4.74 Å². The fourth-order valence-corrected chi connectivity index (χ4v) is 3.15. The summed E-state index contributed by atoms with van der Waals surface area (Å²) in [5.74, 6) is 0.920. The summed E-state index contributed by atoms with van der Waals surface area (Å²) in [6.07, 6.45) is 3.93. The molecular weight excluding hydrogens is 248 g/mol. The minimum Gasteiger partial charge on any atom is -0.494 e. The lowest BCUT2D eigenvalue weighted by Crippen LogP contribution is -2.46. The Balaban J connectivity index is 1.98. The maximum atomic E-state index is 6.39. The molecule has 1 saturated heterocycles. The molecule has 1 aromatic rings. The van der Waals surface area contributed by atoms with Crippen molar-refractivity contribution in [3.8, 4) is 5.75 Å². The van der Waals surface area contributed by atoms with Crippen molar-refractivity contribution in [1.29, 1.82) is 0 Å². The third-order valence-electron chi connectivity index (χ3n) is 4.40. The van der Waals surface area contributed by atoms with E-state index >= 15 is 0 Å². The Hall–Kier alpha value is -1.06. The largest absolute Gasteiger partial charge is 0.494 e. The summed E-state index contributed by atoms with van der Waals surface area (Å²) in [6, 6.07) is 9.58. The first-order valence-electron chi connectivity index (χ1n) is 7.86. The van der Waals surface area contributed by atoms with Crippen LogP contribution in [0.3, 0.4) is 0 Å². The van der Waals surface area contributed by atoms with Crippen LogP contribution in [0.5, 0.6) is 5.75 Å². The Kier molecular flexibility index (Phi) is 5.44. The third-order valence-corrected chi connectivity index (χ3v) is 4.40. The van der Waals surface area contributed by atoms with E-state index in [-0.39, 0.29) is 6.04 Å². The Morgan fingerprint density at radius 2 is 1.80 bits per heavy atom. The molecule has 1 heterocycles. The van der Waals surface area contributed by atoms with Crippen LogP contribution in [0.2, 0.25) is 0 Å². The highest BCUT2D eigenvalue weighted by atomic mass is 16.5. The number of likely N-dealkylation sites (tertiary alicyclic amines) is 1. The number of hydrogen-bond donors (Lipinski definition) is 1. The van der Waals surface area contributed by atoms with Crippen LogP contribution in [0.1, 0.15) is 51.6 Å². The van der Waals surface area contributed by atoms with E-state index in [0.29, 0.717) is 18.7 Å². The molecule has 1 aliphatic heterocycles. The van der Waals surface area contributed by atoms with Gasteiger partial charge in [-0.15, -0.1) is 0 Å². The number of benzene rings is 1. The van der Waals surface area contributed by atoms with Crippen molar-refractivity contribution in [2.24, 2.45) is 5.73 Å². The summed E-state index contributed by atoms with van der Waals surface area (Å²) in [7, 11) is 0. The summed E-state index contributed by atoms with van der Waals surface area (Å²) < 4.78 is 5.47. The molecule has 0 radical (unpaired) electrons. The van der Waals surface area contributed by atoms with Gasteiger partial charge < -0.3 is 10.5 Å². The van der Waals surface area contributed by atoms with Crippen LogP contribution in [0.15, 0.2) is 24.3 Å². The van der Waals surface area contributed by atoms with Crippen LogP contribution in [-0.2, 0) is 0 Å². The van der Waals surface area contributed by atoms with Crippen LogP contribution in [0.4, 0.5) is 0 Å². The maximum Gasteiger partial charge on any atom is 0.119 e. The number of hydrogen-bond acceptors (Lipinski definition) is 3. The van der Waals surface area contributed by atoms with Crippen LogP contribution in [0.25, 0.3) is 0 Å². The second kappa shape index (κ2) is 7.09. The highest BCUT2D eigenvalue weighted by molar-refractivity contribution is 5.29. The van der Waals surface area contributed by atoms with Gasteiger partial charge in [-0.25, -0.2) is 0 Å². The predicted molar refractivity (Wildman–Crippen MR) is 84.0 cm³/mol. The van der Waals surface area contributed by atoms with E-state index in [4.69, 9.17) is 10.5 Å². The first kappa shape index (κ1) is 15.3. The molecule has 0 saturated carbocycles. The molecule has 1 fully saturated rings. The fraction of sp³-hybridized carbons (Fsp3) is 0.647. The topological polar surface area (TPSA) is 38.5 Å². The quantitative estimate of drug-likeness (QED) is 0.896. The van der Waals surface area contributed by atoms with Crippen molar-refractivity contribution in [2.75, 3.05) is 13.2 Å². The summed E-state index contributed by atoms with van der Waals surface area (Å²) in [5.41, 5.74) is 7.58. The van der Waals surface area contributed by atoms with Crippen LogP contribution in [-0.4, -0.2) is 30.1 Å². The highest BCUT2D eigenvalue weighted by Gasteiger charge is 2.26. The van der Waals surface area contributed by atoms with Crippen molar-refractivity contribution in [2.45, 2.75) is 58.2 Å². The maximum absolute atomic E-state index is 6.39. The highest BCUT2D eigenvalue weighted by Crippen LogP contribution is 2.25. The molecule has 2 N–H and O–H groups in total. The van der Waals surface area contributed by atoms with Crippen molar-refractivity contribution in [1.82, 2.24) is 4.90 Å². The van der Waals surface area contributed by atoms with Gasteiger partial charge in [-0.3, -0.25) is 4.90 Å². The molecule has 0 aliphatic carbocycles. The normalized spacial score (nSPS) is 25.4. The fourth-order valence-electron chi connectivity index (χ4n) is 3.15. The van der Waals surface area contributed by atoms with Gasteiger partial charge >= 0.3 is 0 Å². The zero-order valence-corrected chi connectivity index (χ0v) is 13.0. The van der Waals surface area contributed by atoms with E-state index in [0.717, 1.165) is 12.3 Å². The number of nitrogens with two attached hydrogens (primary N) is 1. The minimum atomic E-state index is 0.0775. The lowest BCUT2D eigenvalue weighted by molar-refractivity contribution is 0.0961. The lowest BCUT2D eigenvalue weighted by atomic mass is 9.96. The molecule has 1 aliphatic rings. The summed E-state index contributed by atoms with van der Waals surface area (Å²) in [5, 5.41) is 0. The number of nitrogens with zero attached hydrogens (tertiary/aromatic N) is 1. The predicted octanol–water partition coefficient (Wildman–Crippen LogP) is 3.35. The van der Waals surface area contributed by atoms with Crippen molar-refractivity contribution in [3.05, 3.63) is 29.8 Å². The second-order valence-electron chi connectivity index (χ2n) is 5.93. The average Bonchev–Trinajstić information content (AvgIpc) is 2.44. The van der Waals surface area contributed by atoms with Crippen LogP contribution >= 0.6 is 0 Å². The van der Waals surface area contributed by atoms with Crippen molar-refractivity contribution in [3.63, 3.8) is 0 Å². The van der Waals surface area contributed by atoms with Gasteiger partial charge in [0.1, 0.15) is 5.75 Å². The Morgan fingerprint density at radius 1 is 1.20 bits per heavy atom. The molecule has 0 aromatic heterocycles. The van der Waals surface area contributed by atoms with Gasteiger partial charge in [-0.1, -0.05) is 18.6 Å². The van der Waals surface area contributed by atoms with Crippen LogP contribution < -0.4 is 10.5 Å². The molecule has 0 amide bonds. The van der Waals surface area contributed by atoms with Gasteiger partial charge in [-0.05, 0) is 51.3 Å². The first-order valence-corrected chi connectivity index (χ1v) is 7.86. The summed E-state index contributed by atoms with van der Waals surface area (Å²) in [6.45, 7) is 8.28. The van der Waals surface area contributed by atoms with E-state index in [1.165, 1.54) is 24.8 Å². The summed E-state index contributed by atoms with van der Waals surface area (Å²) >= 11 is 0. The second-order valence-corrected chi connectivity index (χ2v) is 5.93. The van der Waals surface area contributed by atoms with Gasteiger partial charge in [-0.2, -0.15) is 0 Å². The zero-order valence-electron chi connectivity index (χ0n) is 13.0. The van der Waals surface area contributed by atoms with Crippen LogP contribution in [0, 0.1) is 0 Å². The van der Waals surface area contributed by atoms with Crippen molar-refractivity contribution >= 4 is 0 Å². The van der Waals surface area contributed by atoms with E-state index in [1.54, 1.807) is 0 Å². The SMILES string of the molecule is CCOc1ccc(C(N)CN2C(C)CCCC2C)cc1. The van der Waals surface area contributed by atoms with E-state index in [1.807, 2.05) is 19.1 Å². The lowest BCUT2D eigenvalue weighted by Gasteiger charge is -2.40. The molecule has 1 aromatic carbocycles. The number of rotatable bonds is 5. The zero-order chi connectivity index (χ0) is 14.5. The van der Waals surface area contributed by atoms with E-state index in [9.17, 15) is 0 Å². The monoisotopic (exact) mass is 276 g/mol. The molecule has 3 unspecified atom stereocenters. The average molecular weight is 276 g/mol. The molecule has 3 nitrogen and oxygen atoms in total. The molecule has 0 spiro atoms. The van der Waals surface area contributed by atoms with Gasteiger partial charge in [0.15, 0.2) is 0 Å². The molecule has 20 heavy (non-hydrogen) atoms. The standard InChI is InChI=1S/C17H28N2O/c1-4-20-16-10-8-15(9-11-16)17(18)12-19-13(2)6-5-7-14(19)3/h8-11,13-14,17H,4-7,12,18H2,1-3H3. The molecular formula is C17H28N2O. The van der Waals surface area contributed by atoms with E-state index in [2.05, 4.69) is 30.9 Å². The molecule has 2 rings (SSSR count). The minimum absolute atomic E-state index is 0.0775. The number of ether oxygens (including phenoxy) is 1. The first-order chi connectivity index (χ1) is 9.61. The molecule has 3 heteroatoms. The summed E-state index contributed by atoms with van der Waals surface area (Å²) in [4.78, 5) is 2.56. The number of piperidine rings is 1. The molecule has 3 atom stereocenters. The third kappa shape index (κ3) is 3.74. The molecule has 112 valence electrons. The van der Waals surface area contributed by atoms with Gasteiger partial charge in [0, 0.05) is 24.7 Å². The molecule has 0 bridgehead atoms. The Morgan fingerprint density at radius 3 is 2.35 bits per heavy atom. The van der Waals surface area contributed by atoms with Gasteiger partial charge in [0.05, 0.1) is 6.61 Å². The Bertz CT molecular complexity index is 394. The van der Waals surface area contributed by atoms with Gasteiger partial charge in [0.25, 0.3) is 0 Å².